The Labute approximate surface area is 244 Å². The van der Waals surface area contributed by atoms with Gasteiger partial charge in [-0.05, 0) is 64.6 Å². The first-order valence-corrected chi connectivity index (χ1v) is 14.6. The Hall–Kier alpha value is -5.48. The molecule has 0 radical (unpaired) electrons. The molecule has 0 aliphatic carbocycles. The Balaban J connectivity index is 1.33. The van der Waals surface area contributed by atoms with Gasteiger partial charge in [0.25, 0.3) is 0 Å². The lowest BCUT2D eigenvalue weighted by Gasteiger charge is -2.47. The number of hydrogen-bond donors (Lipinski definition) is 0. The fraction of sp³-hybridized carbons (Fsp3) is 0. The minimum atomic E-state index is 0.0724. The minimum Gasteiger partial charge on any atom is -0.374 e. The van der Waals surface area contributed by atoms with Crippen molar-refractivity contribution in [2.45, 2.75) is 0 Å². The second kappa shape index (κ2) is 8.05. The molecule has 0 atom stereocenters. The van der Waals surface area contributed by atoms with Gasteiger partial charge in [0.2, 0.25) is 0 Å². The minimum absolute atomic E-state index is 0.0724. The molecule has 7 aromatic rings. The van der Waals surface area contributed by atoms with Crippen LogP contribution in [-0.2, 0) is 0 Å². The summed E-state index contributed by atoms with van der Waals surface area (Å²) in [7, 11) is 0. The van der Waals surface area contributed by atoms with Crippen molar-refractivity contribution in [2.75, 3.05) is 9.71 Å². The second-order valence-corrected chi connectivity index (χ2v) is 11.4. The summed E-state index contributed by atoms with van der Waals surface area (Å²) in [5.41, 5.74) is 16.4. The molecule has 4 heteroatoms. The monoisotopic (exact) mass is 533 g/mol. The number of rotatable bonds is 2. The predicted molar refractivity (Wildman–Crippen MR) is 176 cm³/mol. The van der Waals surface area contributed by atoms with Gasteiger partial charge in [-0.1, -0.05) is 103 Å². The summed E-state index contributed by atoms with van der Waals surface area (Å²) in [5.74, 6) is 0. The van der Waals surface area contributed by atoms with Gasteiger partial charge in [-0.2, -0.15) is 0 Å². The van der Waals surface area contributed by atoms with E-state index in [0.717, 1.165) is 0 Å². The van der Waals surface area contributed by atoms with Gasteiger partial charge in [0, 0.05) is 33.6 Å². The molecule has 0 saturated heterocycles. The highest BCUT2D eigenvalue weighted by Gasteiger charge is 2.50. The fourth-order valence-electron chi connectivity index (χ4n) is 7.65. The van der Waals surface area contributed by atoms with Crippen LogP contribution in [0.3, 0.4) is 0 Å². The quantitative estimate of drug-likeness (QED) is 0.207. The summed E-state index contributed by atoms with van der Waals surface area (Å²) in [6, 6.07) is 53.3. The maximum Gasteiger partial charge on any atom is 0.351 e. The summed E-state index contributed by atoms with van der Waals surface area (Å²) in [6.07, 6.45) is 0. The summed E-state index contributed by atoms with van der Waals surface area (Å²) in [6.45, 7) is 0.0724. The van der Waals surface area contributed by atoms with Gasteiger partial charge < -0.3 is 14.3 Å². The van der Waals surface area contributed by atoms with Crippen LogP contribution >= 0.6 is 0 Å². The van der Waals surface area contributed by atoms with Gasteiger partial charge in [0.15, 0.2) is 0 Å². The van der Waals surface area contributed by atoms with E-state index < -0.39 is 0 Å². The molecule has 3 aliphatic heterocycles. The third-order valence-corrected chi connectivity index (χ3v) is 9.29. The first kappa shape index (κ1) is 22.2. The molecule has 0 fully saturated rings. The fourth-order valence-corrected chi connectivity index (χ4v) is 7.65. The summed E-state index contributed by atoms with van der Waals surface area (Å²) < 4.78 is 2.53. The topological polar surface area (TPSA) is 11.4 Å². The lowest BCUT2D eigenvalue weighted by molar-refractivity contribution is 1.11. The molecule has 1 aromatic heterocycles. The van der Waals surface area contributed by atoms with E-state index in [2.05, 4.69) is 160 Å². The van der Waals surface area contributed by atoms with Gasteiger partial charge in [-0.25, -0.2) is 0 Å². The Morgan fingerprint density at radius 3 is 1.95 bits per heavy atom. The summed E-state index contributed by atoms with van der Waals surface area (Å²) in [5, 5.41) is 1.27. The van der Waals surface area contributed by atoms with Gasteiger partial charge in [-0.3, -0.25) is 0 Å². The van der Waals surface area contributed by atoms with Crippen LogP contribution in [-0.4, -0.2) is 11.4 Å². The van der Waals surface area contributed by atoms with Crippen LogP contribution in [0.5, 0.6) is 0 Å². The van der Waals surface area contributed by atoms with Crippen LogP contribution in [0.25, 0.3) is 38.8 Å². The van der Waals surface area contributed by atoms with Gasteiger partial charge in [0.1, 0.15) is 0 Å². The van der Waals surface area contributed by atoms with E-state index in [-0.39, 0.29) is 6.85 Å². The van der Waals surface area contributed by atoms with Crippen LogP contribution in [0.15, 0.2) is 146 Å². The average Bonchev–Trinajstić information content (AvgIpc) is 3.41. The Morgan fingerprint density at radius 1 is 0.452 bits per heavy atom. The second-order valence-electron chi connectivity index (χ2n) is 11.4. The van der Waals surface area contributed by atoms with Crippen molar-refractivity contribution in [3.05, 3.63) is 146 Å². The molecule has 6 aromatic carbocycles. The number of fused-ring (bicyclic) bond motifs is 9. The van der Waals surface area contributed by atoms with Crippen LogP contribution < -0.4 is 20.8 Å². The highest BCUT2D eigenvalue weighted by atomic mass is 15.2. The predicted octanol–water partition coefficient (Wildman–Crippen LogP) is 8.32. The number of benzene rings is 6. The molecule has 0 N–H and O–H groups in total. The first-order valence-electron chi connectivity index (χ1n) is 14.6. The molecule has 0 spiro atoms. The van der Waals surface area contributed by atoms with Gasteiger partial charge in [0.05, 0.1) is 22.6 Å². The van der Waals surface area contributed by atoms with E-state index in [1.807, 2.05) is 0 Å². The van der Waals surface area contributed by atoms with Crippen molar-refractivity contribution in [3.63, 3.8) is 0 Å². The van der Waals surface area contributed by atoms with Crippen LogP contribution in [0.2, 0.25) is 0 Å². The number of hydrogen-bond acceptors (Lipinski definition) is 2. The maximum absolute atomic E-state index is 2.59. The molecule has 3 aliphatic rings. The maximum atomic E-state index is 2.59. The Bertz CT molecular complexity index is 2210. The van der Waals surface area contributed by atoms with Crippen LogP contribution in [0.4, 0.5) is 28.4 Å². The largest absolute Gasteiger partial charge is 0.374 e. The highest BCUT2D eigenvalue weighted by Crippen LogP contribution is 2.51. The Morgan fingerprint density at radius 2 is 1.10 bits per heavy atom. The molecule has 0 unspecified atom stereocenters. The van der Waals surface area contributed by atoms with Crippen molar-refractivity contribution in [2.24, 2.45) is 0 Å². The van der Waals surface area contributed by atoms with Crippen molar-refractivity contribution < 1.29 is 0 Å². The van der Waals surface area contributed by atoms with Gasteiger partial charge >= 0.3 is 6.85 Å². The number of anilines is 5. The Kier molecular flexibility index (Phi) is 4.26. The molecule has 0 saturated carbocycles. The zero-order valence-corrected chi connectivity index (χ0v) is 22.8. The molecule has 3 nitrogen and oxygen atoms in total. The van der Waals surface area contributed by atoms with E-state index in [9.17, 15) is 0 Å². The molecule has 42 heavy (non-hydrogen) atoms. The van der Waals surface area contributed by atoms with Crippen molar-refractivity contribution >= 4 is 57.2 Å². The van der Waals surface area contributed by atoms with Crippen molar-refractivity contribution in [1.82, 2.24) is 4.57 Å². The molecular formula is C38H24BN3. The van der Waals surface area contributed by atoms with Crippen LogP contribution in [0, 0.1) is 0 Å². The van der Waals surface area contributed by atoms with E-state index in [1.54, 1.807) is 0 Å². The van der Waals surface area contributed by atoms with Crippen molar-refractivity contribution in [1.29, 1.82) is 0 Å². The third-order valence-electron chi connectivity index (χ3n) is 9.29. The lowest BCUT2D eigenvalue weighted by Crippen LogP contribution is -2.65. The number of nitrogens with zero attached hydrogens (tertiary/aromatic N) is 3. The van der Waals surface area contributed by atoms with E-state index in [1.165, 1.54) is 78.3 Å². The van der Waals surface area contributed by atoms with E-state index in [4.69, 9.17) is 0 Å². The third kappa shape index (κ3) is 2.72. The molecule has 4 heterocycles. The molecule has 0 amide bonds. The standard InChI is InChI=1S/C38H24BN3/c1-2-11-25(12-3-1)26-21-23-27(24-22-26)40-35-20-10-15-29-28-13-4-7-17-32(28)42-34-19-9-8-18-33(34)41-31-16-6-5-14-30(31)37(40)38(41)39(42)36(29)35/h1-24H. The zero-order chi connectivity index (χ0) is 27.4. The van der Waals surface area contributed by atoms with Crippen LogP contribution in [0.1, 0.15) is 0 Å². The van der Waals surface area contributed by atoms with Crippen molar-refractivity contribution in [3.8, 4) is 27.9 Å². The smallest absolute Gasteiger partial charge is 0.351 e. The molecule has 10 rings (SSSR count). The van der Waals surface area contributed by atoms with E-state index >= 15 is 0 Å². The SMILES string of the molecule is c1ccc(-c2ccc(N3c4cccc5c4B4c6c3c3ccccc3n6-c3ccccc3N4c3ccccc3-5)cc2)cc1. The zero-order valence-electron chi connectivity index (χ0n) is 22.8. The summed E-state index contributed by atoms with van der Waals surface area (Å²) in [4.78, 5) is 5.10. The van der Waals surface area contributed by atoms with Gasteiger partial charge in [-0.15, -0.1) is 0 Å². The molecule has 0 bridgehead atoms. The summed E-state index contributed by atoms with van der Waals surface area (Å²) >= 11 is 0. The molecular weight excluding hydrogens is 509 g/mol. The molecule has 194 valence electrons. The number of aromatic nitrogens is 1. The average molecular weight is 533 g/mol. The normalized spacial score (nSPS) is 13.6. The number of para-hydroxylation sites is 4. The van der Waals surface area contributed by atoms with E-state index in [0.29, 0.717) is 0 Å². The lowest BCUT2D eigenvalue weighted by atomic mass is 9.44. The highest BCUT2D eigenvalue weighted by molar-refractivity contribution is 6.94. The first-order chi connectivity index (χ1) is 20.9.